The van der Waals surface area contributed by atoms with Crippen LogP contribution in [-0.4, -0.2) is 5.91 Å². The molecule has 0 spiro atoms. The summed E-state index contributed by atoms with van der Waals surface area (Å²) >= 11 is 0. The maximum atomic E-state index is 10.5. The van der Waals surface area contributed by atoms with E-state index in [1.54, 1.807) is 0 Å². The summed E-state index contributed by atoms with van der Waals surface area (Å²) in [6.45, 7) is 2.08. The third-order valence-corrected chi connectivity index (χ3v) is 2.28. The molecule has 0 heterocycles. The van der Waals surface area contributed by atoms with Crippen molar-refractivity contribution < 1.29 is 4.79 Å². The minimum Gasteiger partial charge on any atom is -0.273 e. The predicted molar refractivity (Wildman–Crippen MR) is 34.6 cm³/mol. The zero-order valence-electron chi connectivity index (χ0n) is 5.68. The summed E-state index contributed by atoms with van der Waals surface area (Å²) in [6, 6.07) is 0. The van der Waals surface area contributed by atoms with Gasteiger partial charge in [-0.05, 0) is 18.8 Å². The number of nitrogens with one attached hydrogen (secondary N) is 1. The molecule has 0 aromatic carbocycles. The van der Waals surface area contributed by atoms with E-state index in [1.807, 2.05) is 0 Å². The van der Waals surface area contributed by atoms with E-state index in [2.05, 4.69) is 6.92 Å². The fraction of sp³-hybridized carbons (Fsp3) is 0.857. The number of hydrogen-bond acceptors (Lipinski definition) is 1. The monoisotopic (exact) mass is 126 g/mol. The lowest BCUT2D eigenvalue weighted by atomic mass is 9.72. The third kappa shape index (κ3) is 1.07. The van der Waals surface area contributed by atoms with E-state index in [9.17, 15) is 4.79 Å². The van der Waals surface area contributed by atoms with Crippen molar-refractivity contribution in [3.63, 3.8) is 0 Å². The highest BCUT2D eigenvalue weighted by atomic mass is 16.1. The molecular weight excluding hydrogens is 114 g/mol. The van der Waals surface area contributed by atoms with Gasteiger partial charge in [0.2, 0.25) is 5.91 Å². The van der Waals surface area contributed by atoms with Crippen LogP contribution in [0.25, 0.3) is 0 Å². The normalized spacial score (nSPS) is 33.4. The van der Waals surface area contributed by atoms with Gasteiger partial charge in [0.15, 0.2) is 0 Å². The molecule has 1 radical (unpaired) electrons. The van der Waals surface area contributed by atoms with Crippen molar-refractivity contribution in [2.45, 2.75) is 26.2 Å². The molecule has 0 saturated heterocycles. The molecule has 1 amide bonds. The van der Waals surface area contributed by atoms with E-state index in [4.69, 9.17) is 5.73 Å². The van der Waals surface area contributed by atoms with Gasteiger partial charge in [0.05, 0.1) is 0 Å². The molecule has 1 saturated carbocycles. The van der Waals surface area contributed by atoms with Crippen molar-refractivity contribution in [3.8, 4) is 0 Å². The first-order chi connectivity index (χ1) is 4.25. The summed E-state index contributed by atoms with van der Waals surface area (Å²) in [7, 11) is 0. The molecule has 0 bridgehead atoms. The molecule has 1 N–H and O–H groups in total. The standard InChI is InChI=1S/C7H12NO/c1-2-5-3-4-6(5)7(8)9/h5-6,8H,2-4H2,1H3. The Balaban J connectivity index is 2.35. The molecule has 1 rings (SSSR count). The Kier molecular flexibility index (Phi) is 1.74. The lowest BCUT2D eigenvalue weighted by molar-refractivity contribution is -0.127. The minimum atomic E-state index is -0.354. The predicted octanol–water partition coefficient (Wildman–Crippen LogP) is 1.23. The molecule has 2 atom stereocenters. The summed E-state index contributed by atoms with van der Waals surface area (Å²) in [5, 5.41) is 0. The molecule has 0 aromatic rings. The maximum absolute atomic E-state index is 10.5. The Morgan fingerprint density at radius 2 is 2.33 bits per heavy atom. The Bertz CT molecular complexity index is 120. The van der Waals surface area contributed by atoms with Crippen molar-refractivity contribution in [2.24, 2.45) is 11.8 Å². The smallest absolute Gasteiger partial charge is 0.241 e. The second-order valence-electron chi connectivity index (χ2n) is 2.72. The van der Waals surface area contributed by atoms with Gasteiger partial charge in [0.1, 0.15) is 0 Å². The Hall–Kier alpha value is -0.530. The summed E-state index contributed by atoms with van der Waals surface area (Å²) in [5.74, 6) is 0.276. The quantitative estimate of drug-likeness (QED) is 0.548. The van der Waals surface area contributed by atoms with Crippen LogP contribution in [0.15, 0.2) is 0 Å². The Morgan fingerprint density at radius 1 is 1.67 bits per heavy atom. The highest BCUT2D eigenvalue weighted by Gasteiger charge is 2.33. The van der Waals surface area contributed by atoms with Crippen LogP contribution >= 0.6 is 0 Å². The van der Waals surface area contributed by atoms with Crippen LogP contribution in [0.4, 0.5) is 0 Å². The van der Waals surface area contributed by atoms with Crippen LogP contribution in [-0.2, 0) is 4.79 Å². The van der Waals surface area contributed by atoms with Crippen molar-refractivity contribution in [3.05, 3.63) is 0 Å². The molecule has 2 heteroatoms. The number of carbonyl (C=O) groups excluding carboxylic acids is 1. The number of rotatable bonds is 2. The van der Waals surface area contributed by atoms with Gasteiger partial charge < -0.3 is 0 Å². The van der Waals surface area contributed by atoms with E-state index in [0.29, 0.717) is 5.92 Å². The fourth-order valence-electron chi connectivity index (χ4n) is 1.40. The van der Waals surface area contributed by atoms with Crippen LogP contribution in [0.1, 0.15) is 26.2 Å². The van der Waals surface area contributed by atoms with E-state index in [-0.39, 0.29) is 11.8 Å². The van der Waals surface area contributed by atoms with Crippen molar-refractivity contribution in [1.82, 2.24) is 5.73 Å². The Labute approximate surface area is 55.4 Å². The lowest BCUT2D eigenvalue weighted by Gasteiger charge is -2.32. The van der Waals surface area contributed by atoms with Gasteiger partial charge in [-0.3, -0.25) is 10.5 Å². The lowest BCUT2D eigenvalue weighted by Crippen LogP contribution is -2.32. The SMILES string of the molecule is CCC1CCC1C([NH])=O. The summed E-state index contributed by atoms with van der Waals surface area (Å²) < 4.78 is 0. The molecule has 9 heavy (non-hydrogen) atoms. The van der Waals surface area contributed by atoms with Gasteiger partial charge >= 0.3 is 0 Å². The van der Waals surface area contributed by atoms with Gasteiger partial charge in [-0.25, -0.2) is 0 Å². The second-order valence-corrected chi connectivity index (χ2v) is 2.72. The molecule has 1 fully saturated rings. The van der Waals surface area contributed by atoms with E-state index in [1.165, 1.54) is 0 Å². The van der Waals surface area contributed by atoms with Gasteiger partial charge in [-0.2, -0.15) is 0 Å². The zero-order valence-corrected chi connectivity index (χ0v) is 5.68. The van der Waals surface area contributed by atoms with E-state index < -0.39 is 0 Å². The minimum absolute atomic E-state index is 0.0926. The summed E-state index contributed by atoms with van der Waals surface area (Å²) in [5.41, 5.74) is 6.83. The van der Waals surface area contributed by atoms with Crippen molar-refractivity contribution in [2.75, 3.05) is 0 Å². The van der Waals surface area contributed by atoms with Crippen LogP contribution in [0.5, 0.6) is 0 Å². The van der Waals surface area contributed by atoms with E-state index >= 15 is 0 Å². The first kappa shape index (κ1) is 6.59. The molecular formula is C7H12NO. The summed E-state index contributed by atoms with van der Waals surface area (Å²) in [6.07, 6.45) is 3.18. The van der Waals surface area contributed by atoms with Crippen LogP contribution in [0.3, 0.4) is 0 Å². The van der Waals surface area contributed by atoms with Gasteiger partial charge in [-0.1, -0.05) is 13.3 Å². The fourth-order valence-corrected chi connectivity index (χ4v) is 1.40. The topological polar surface area (TPSA) is 40.9 Å². The second kappa shape index (κ2) is 2.38. The first-order valence-corrected chi connectivity index (χ1v) is 3.51. The largest absolute Gasteiger partial charge is 0.273 e. The van der Waals surface area contributed by atoms with E-state index in [0.717, 1.165) is 19.3 Å². The third-order valence-electron chi connectivity index (χ3n) is 2.28. The molecule has 1 aliphatic rings. The molecule has 51 valence electrons. The number of amides is 1. The highest BCUT2D eigenvalue weighted by molar-refractivity contribution is 5.77. The number of hydrogen-bond donors (Lipinski definition) is 0. The van der Waals surface area contributed by atoms with Gasteiger partial charge in [0, 0.05) is 5.92 Å². The molecule has 1 aliphatic carbocycles. The first-order valence-electron chi connectivity index (χ1n) is 3.51. The Morgan fingerprint density at radius 3 is 2.44 bits per heavy atom. The maximum Gasteiger partial charge on any atom is 0.241 e. The zero-order chi connectivity index (χ0) is 6.85. The van der Waals surface area contributed by atoms with Crippen LogP contribution in [0, 0.1) is 11.8 Å². The molecule has 0 aromatic heterocycles. The molecule has 2 unspecified atom stereocenters. The van der Waals surface area contributed by atoms with Crippen LogP contribution in [0.2, 0.25) is 0 Å². The van der Waals surface area contributed by atoms with Crippen LogP contribution < -0.4 is 5.73 Å². The average molecular weight is 126 g/mol. The highest BCUT2D eigenvalue weighted by Crippen LogP contribution is 2.36. The average Bonchev–Trinajstić information content (AvgIpc) is 1.61. The van der Waals surface area contributed by atoms with Crippen molar-refractivity contribution >= 4 is 5.91 Å². The van der Waals surface area contributed by atoms with Gasteiger partial charge in [0.25, 0.3) is 0 Å². The van der Waals surface area contributed by atoms with Crippen molar-refractivity contribution in [1.29, 1.82) is 0 Å². The molecule has 0 aliphatic heterocycles. The summed E-state index contributed by atoms with van der Waals surface area (Å²) in [4.78, 5) is 10.5. The van der Waals surface area contributed by atoms with Gasteiger partial charge in [-0.15, -0.1) is 0 Å². The molecule has 2 nitrogen and oxygen atoms in total. The number of carbonyl (C=O) groups is 1.